The zero-order valence-corrected chi connectivity index (χ0v) is 12.9. The molecule has 0 bridgehead atoms. The highest BCUT2D eigenvalue weighted by molar-refractivity contribution is 5.91. The number of halogens is 1. The van der Waals surface area contributed by atoms with E-state index in [1.54, 1.807) is 0 Å². The number of hydrogen-bond acceptors (Lipinski definition) is 4. The molecule has 118 valence electrons. The van der Waals surface area contributed by atoms with E-state index in [1.165, 1.54) is 18.2 Å². The quantitative estimate of drug-likeness (QED) is 0.721. The number of nitrogens with zero attached hydrogens (tertiary/aromatic N) is 1. The summed E-state index contributed by atoms with van der Waals surface area (Å²) in [6.07, 6.45) is 0.570. The lowest BCUT2D eigenvalue weighted by atomic mass is 10.2. The minimum absolute atomic E-state index is 0.0238. The average Bonchev–Trinajstić information content (AvgIpc) is 2.40. The molecule has 1 amide bonds. The van der Waals surface area contributed by atoms with Crippen LogP contribution in [0.1, 0.15) is 20.3 Å². The lowest BCUT2D eigenvalue weighted by Crippen LogP contribution is -2.28. The van der Waals surface area contributed by atoms with Gasteiger partial charge in [-0.3, -0.25) is 4.79 Å². The number of nitrogen functional groups attached to an aromatic ring is 1. The van der Waals surface area contributed by atoms with E-state index < -0.39 is 5.82 Å². The number of nitrogens with one attached hydrogen (secondary N) is 1. The van der Waals surface area contributed by atoms with Crippen molar-refractivity contribution in [3.05, 3.63) is 24.0 Å². The second kappa shape index (κ2) is 8.59. The molecule has 0 saturated carbocycles. The van der Waals surface area contributed by atoms with Gasteiger partial charge in [0.2, 0.25) is 5.91 Å². The number of hydrogen-bond donors (Lipinski definition) is 2. The van der Waals surface area contributed by atoms with Crippen LogP contribution in [-0.2, 0) is 9.53 Å². The van der Waals surface area contributed by atoms with Gasteiger partial charge in [-0.2, -0.15) is 0 Å². The molecule has 1 aromatic carbocycles. The minimum Gasteiger partial charge on any atom is -0.396 e. The molecule has 0 aliphatic carbocycles. The maximum Gasteiger partial charge on any atom is 0.225 e. The Bertz CT molecular complexity index is 466. The fourth-order valence-corrected chi connectivity index (χ4v) is 1.69. The average molecular weight is 297 g/mol. The number of carbonyl (C=O) groups excluding carboxylic acids is 1. The van der Waals surface area contributed by atoms with Crippen molar-refractivity contribution in [2.45, 2.75) is 26.4 Å². The molecule has 0 fully saturated rings. The SMILES string of the molecule is CC(C)OCCN(C)CCC(=O)Nc1ccc(F)c(N)c1. The van der Waals surface area contributed by atoms with Crippen LogP contribution in [0, 0.1) is 5.82 Å². The van der Waals surface area contributed by atoms with Crippen molar-refractivity contribution in [3.63, 3.8) is 0 Å². The van der Waals surface area contributed by atoms with Crippen molar-refractivity contribution >= 4 is 17.3 Å². The summed E-state index contributed by atoms with van der Waals surface area (Å²) in [4.78, 5) is 13.8. The lowest BCUT2D eigenvalue weighted by Gasteiger charge is -2.17. The van der Waals surface area contributed by atoms with Crippen LogP contribution in [-0.4, -0.2) is 43.7 Å². The van der Waals surface area contributed by atoms with Crippen LogP contribution in [0.3, 0.4) is 0 Å². The molecule has 5 nitrogen and oxygen atoms in total. The molecular weight excluding hydrogens is 273 g/mol. The van der Waals surface area contributed by atoms with Crippen LogP contribution in [0.4, 0.5) is 15.8 Å². The van der Waals surface area contributed by atoms with E-state index in [-0.39, 0.29) is 17.7 Å². The molecule has 1 aromatic rings. The van der Waals surface area contributed by atoms with Gasteiger partial charge in [0, 0.05) is 25.2 Å². The largest absolute Gasteiger partial charge is 0.396 e. The zero-order valence-electron chi connectivity index (χ0n) is 12.9. The van der Waals surface area contributed by atoms with Crippen LogP contribution in [0.5, 0.6) is 0 Å². The van der Waals surface area contributed by atoms with E-state index in [1.807, 2.05) is 25.8 Å². The summed E-state index contributed by atoms with van der Waals surface area (Å²) in [5.41, 5.74) is 5.98. The predicted octanol–water partition coefficient (Wildman–Crippen LogP) is 2.09. The van der Waals surface area contributed by atoms with E-state index in [4.69, 9.17) is 10.5 Å². The highest BCUT2D eigenvalue weighted by Gasteiger charge is 2.07. The molecule has 0 aliphatic rings. The number of amides is 1. The summed E-state index contributed by atoms with van der Waals surface area (Å²) in [6.45, 7) is 6.02. The van der Waals surface area contributed by atoms with Crippen molar-refractivity contribution in [1.29, 1.82) is 0 Å². The molecule has 0 heterocycles. The standard InChI is InChI=1S/C15H24FN3O2/c1-11(2)21-9-8-19(3)7-6-15(20)18-12-4-5-13(16)14(17)10-12/h4-5,10-11H,6-9,17H2,1-3H3,(H,18,20). The number of nitrogens with two attached hydrogens (primary N) is 1. The Morgan fingerprint density at radius 2 is 2.14 bits per heavy atom. The Hall–Kier alpha value is -1.66. The third-order valence-electron chi connectivity index (χ3n) is 2.92. The Kier molecular flexibility index (Phi) is 7.11. The molecule has 0 saturated heterocycles. The summed E-state index contributed by atoms with van der Waals surface area (Å²) in [6, 6.07) is 4.14. The first-order chi connectivity index (χ1) is 9.88. The summed E-state index contributed by atoms with van der Waals surface area (Å²) >= 11 is 0. The third-order valence-corrected chi connectivity index (χ3v) is 2.92. The number of rotatable bonds is 8. The maximum atomic E-state index is 13.0. The molecule has 6 heteroatoms. The summed E-state index contributed by atoms with van der Waals surface area (Å²) < 4.78 is 18.5. The summed E-state index contributed by atoms with van der Waals surface area (Å²) in [7, 11) is 1.94. The highest BCUT2D eigenvalue weighted by Crippen LogP contribution is 2.16. The molecule has 0 spiro atoms. The molecule has 0 unspecified atom stereocenters. The Labute approximate surface area is 125 Å². The second-order valence-electron chi connectivity index (χ2n) is 5.26. The summed E-state index contributed by atoms with van der Waals surface area (Å²) in [5.74, 6) is -0.615. The van der Waals surface area contributed by atoms with E-state index in [0.717, 1.165) is 6.54 Å². The molecule has 1 rings (SSSR count). The molecule has 21 heavy (non-hydrogen) atoms. The minimum atomic E-state index is -0.488. The van der Waals surface area contributed by atoms with Crippen molar-refractivity contribution in [2.75, 3.05) is 37.8 Å². The van der Waals surface area contributed by atoms with E-state index >= 15 is 0 Å². The van der Waals surface area contributed by atoms with E-state index in [2.05, 4.69) is 5.32 Å². The number of carbonyl (C=O) groups is 1. The molecule has 0 aliphatic heterocycles. The topological polar surface area (TPSA) is 67.6 Å². The van der Waals surface area contributed by atoms with Crippen LogP contribution >= 0.6 is 0 Å². The van der Waals surface area contributed by atoms with Crippen molar-refractivity contribution in [3.8, 4) is 0 Å². The van der Waals surface area contributed by atoms with Gasteiger partial charge in [-0.15, -0.1) is 0 Å². The van der Waals surface area contributed by atoms with Crippen LogP contribution in [0.15, 0.2) is 18.2 Å². The first-order valence-corrected chi connectivity index (χ1v) is 7.03. The Morgan fingerprint density at radius 1 is 1.43 bits per heavy atom. The normalized spacial score (nSPS) is 11.1. The number of anilines is 2. The van der Waals surface area contributed by atoms with Gasteiger partial charge in [-0.25, -0.2) is 4.39 Å². The third kappa shape index (κ3) is 7.06. The fourth-order valence-electron chi connectivity index (χ4n) is 1.69. The predicted molar refractivity (Wildman–Crippen MR) is 82.6 cm³/mol. The molecule has 3 N–H and O–H groups in total. The van der Waals surface area contributed by atoms with Gasteiger partial charge in [0.15, 0.2) is 0 Å². The maximum absolute atomic E-state index is 13.0. The van der Waals surface area contributed by atoms with E-state index in [9.17, 15) is 9.18 Å². The van der Waals surface area contributed by atoms with Crippen molar-refractivity contribution < 1.29 is 13.9 Å². The summed E-state index contributed by atoms with van der Waals surface area (Å²) in [5, 5.41) is 2.70. The Balaban J connectivity index is 2.28. The second-order valence-corrected chi connectivity index (χ2v) is 5.26. The van der Waals surface area contributed by atoms with Crippen LogP contribution < -0.4 is 11.1 Å². The number of likely N-dealkylation sites (N-methyl/N-ethyl adjacent to an activating group) is 1. The van der Waals surface area contributed by atoms with Crippen molar-refractivity contribution in [2.24, 2.45) is 0 Å². The molecular formula is C15H24FN3O2. The van der Waals surface area contributed by atoms with Gasteiger partial charge in [-0.05, 0) is 39.1 Å². The van der Waals surface area contributed by atoms with Gasteiger partial charge < -0.3 is 20.7 Å². The van der Waals surface area contributed by atoms with Crippen LogP contribution in [0.2, 0.25) is 0 Å². The highest BCUT2D eigenvalue weighted by atomic mass is 19.1. The molecule has 0 radical (unpaired) electrons. The first kappa shape index (κ1) is 17.4. The smallest absolute Gasteiger partial charge is 0.225 e. The fraction of sp³-hybridized carbons (Fsp3) is 0.533. The molecule has 0 atom stereocenters. The van der Waals surface area contributed by atoms with Gasteiger partial charge in [0.05, 0.1) is 18.4 Å². The Morgan fingerprint density at radius 3 is 2.76 bits per heavy atom. The monoisotopic (exact) mass is 297 g/mol. The van der Waals surface area contributed by atoms with Gasteiger partial charge in [-0.1, -0.05) is 0 Å². The van der Waals surface area contributed by atoms with Crippen molar-refractivity contribution in [1.82, 2.24) is 4.90 Å². The van der Waals surface area contributed by atoms with Gasteiger partial charge in [0.25, 0.3) is 0 Å². The van der Waals surface area contributed by atoms with Crippen LogP contribution in [0.25, 0.3) is 0 Å². The zero-order chi connectivity index (χ0) is 15.8. The first-order valence-electron chi connectivity index (χ1n) is 7.03. The van der Waals surface area contributed by atoms with Gasteiger partial charge in [0.1, 0.15) is 5.82 Å². The lowest BCUT2D eigenvalue weighted by molar-refractivity contribution is -0.116. The number of ether oxygens (including phenoxy) is 1. The molecule has 0 aromatic heterocycles. The van der Waals surface area contributed by atoms with Gasteiger partial charge >= 0.3 is 0 Å². The van der Waals surface area contributed by atoms with E-state index in [0.29, 0.717) is 25.3 Å². The number of benzene rings is 1.